The quantitative estimate of drug-likeness (QED) is 0.112. The first kappa shape index (κ1) is 58.6. The first-order chi connectivity index (χ1) is 77.5. The smallest absolute Gasteiger partial charge is 0.136 e. The van der Waals surface area contributed by atoms with E-state index < -0.39 is 72.5 Å². The molecule has 0 saturated heterocycles. The van der Waals surface area contributed by atoms with Gasteiger partial charge in [0.25, 0.3) is 0 Å². The lowest BCUT2D eigenvalue weighted by atomic mass is 9.80. The molecule has 0 aliphatic heterocycles. The van der Waals surface area contributed by atoms with Gasteiger partial charge in [0.1, 0.15) is 33.5 Å². The van der Waals surface area contributed by atoms with E-state index in [1.54, 1.807) is 18.2 Å². The summed E-state index contributed by atoms with van der Waals surface area (Å²) in [5, 5.41) is 10.5. The molecule has 3 aromatic heterocycles. The molecule has 0 fully saturated rings. The summed E-state index contributed by atoms with van der Waals surface area (Å²) >= 11 is 0. The van der Waals surface area contributed by atoms with E-state index in [1.165, 1.54) is 22.3 Å². The standard InChI is InChI=1S/C47H32O.C46H28O.C41H28O/c1-47(2)39-21-9-7-17-36(39)45-31(19-11-22-40(45)47)29-25-27-30(28-26-29)43-32-13-3-5-15-34(32)44(35-16-6-4-14-33(35)43)38-20-12-24-42-46(38)37-18-8-10-23-41(37)48-42;1-2-11-29(12-3-1)30-23-25-34-31(27-30)21-22-32-28-33(24-26-35(32)34)44-36-13-4-6-15-38(36)45(39-16-7-5-14-37(39)44)41-18-10-20-43-46(41)40-17-8-9-19-42(40)47-43;1-41(2)33-21-9-7-17-29(33)39-31(19-11-22-34(39)41)37-25-13-3-5-15-27(25)38(28-16-6-4-14-26(28)37)32-20-12-24-36-40(32)30-18-8-10-23-35(30)42-36/h3-28H,1-2H3;1-28H;3-24H,1-2H3/i3D,4D,5D,6D,13D,14D,15D,16D;4D,5D,6D,7D,13D,14D,15D,16D;3D,4D,5D,6D,13D,14D,15D,16D. The summed E-state index contributed by atoms with van der Waals surface area (Å²) in [6.07, 6.45) is 0. The number of hydrogen-bond donors (Lipinski definition) is 0. The highest BCUT2D eigenvalue weighted by atomic mass is 16.3. The fourth-order valence-electron chi connectivity index (χ4n) is 22.3. The molecule has 0 radical (unpaired) electrons. The third-order valence-electron chi connectivity index (χ3n) is 28.3. The Balaban J connectivity index is 0.000000117. The van der Waals surface area contributed by atoms with Crippen molar-refractivity contribution in [1.29, 1.82) is 0 Å². The topological polar surface area (TPSA) is 39.4 Å². The van der Waals surface area contributed by atoms with Gasteiger partial charge in [-0.3, -0.25) is 0 Å². The number of benzene rings is 24. The van der Waals surface area contributed by atoms with E-state index in [1.807, 2.05) is 206 Å². The molecule has 3 heteroatoms. The number of rotatable bonds is 8. The molecular formula is C134H88O3. The van der Waals surface area contributed by atoms with Gasteiger partial charge in [-0.15, -0.1) is 0 Å². The van der Waals surface area contributed by atoms with Crippen molar-refractivity contribution in [3.05, 3.63) is 483 Å². The Morgan fingerprint density at radius 2 is 0.438 bits per heavy atom. The Labute approximate surface area is 826 Å². The Morgan fingerprint density at radius 3 is 0.839 bits per heavy atom. The monoisotopic (exact) mass is 1770 g/mol. The summed E-state index contributed by atoms with van der Waals surface area (Å²) in [5.74, 6) is 0. The third kappa shape index (κ3) is 12.3. The lowest BCUT2D eigenvalue weighted by molar-refractivity contribution is 0.660. The number of para-hydroxylation sites is 3. The fourth-order valence-corrected chi connectivity index (χ4v) is 22.3. The van der Waals surface area contributed by atoms with Gasteiger partial charge < -0.3 is 13.3 Å². The van der Waals surface area contributed by atoms with Crippen molar-refractivity contribution < 1.29 is 46.1 Å². The van der Waals surface area contributed by atoms with Crippen molar-refractivity contribution in [3.63, 3.8) is 0 Å². The molecule has 0 bridgehead atoms. The van der Waals surface area contributed by atoms with Gasteiger partial charge in [-0.2, -0.15) is 0 Å². The van der Waals surface area contributed by atoms with E-state index in [0.29, 0.717) is 116 Å². The Morgan fingerprint density at radius 1 is 0.168 bits per heavy atom. The zero-order chi connectivity index (χ0) is 112. The van der Waals surface area contributed by atoms with Crippen LogP contribution in [-0.4, -0.2) is 0 Å². The van der Waals surface area contributed by atoms with Gasteiger partial charge in [0.15, 0.2) is 0 Å². The Kier molecular flexibility index (Phi) is 13.3. The van der Waals surface area contributed by atoms with Gasteiger partial charge in [0, 0.05) is 43.1 Å². The second-order valence-electron chi connectivity index (χ2n) is 36.3. The molecule has 137 heavy (non-hydrogen) atoms. The molecule has 0 spiro atoms. The minimum Gasteiger partial charge on any atom is -0.456 e. The van der Waals surface area contributed by atoms with E-state index in [0.717, 1.165) is 82.2 Å². The first-order valence-electron chi connectivity index (χ1n) is 57.7. The van der Waals surface area contributed by atoms with E-state index >= 15 is 0 Å². The summed E-state index contributed by atoms with van der Waals surface area (Å²) in [6, 6.07) is 93.2. The van der Waals surface area contributed by atoms with Crippen molar-refractivity contribution in [2.45, 2.75) is 38.5 Å². The minimum absolute atomic E-state index is 0.170. The molecule has 642 valence electrons. The SMILES string of the molecule is [2H]c1c([2H])c([2H])c2c(-c3cccc4oc5ccccc5c34)c3c([2H])c([2H])c([2H])c([2H])c3c(-c3ccc(-c4cccc5c4-c4ccccc4C5(C)C)cc3)c2c1[2H].[2H]c1c([2H])c([2H])c2c(-c3cccc4oc5ccccc5c34)c3c([2H])c([2H])c([2H])c([2H])c3c(-c3ccc4c(ccc5cc(-c6ccccc6)ccc54)c3)c2c1[2H].[2H]c1c([2H])c([2H])c2c(-c3cccc4oc5ccccc5c34)c3c([2H])c([2H])c([2H])c([2H])c3c(-c3cccc4c3-c3ccccc3C4(C)C)c2c1[2H]. The largest absolute Gasteiger partial charge is 0.456 e. The van der Waals surface area contributed by atoms with Crippen LogP contribution in [0.3, 0.4) is 0 Å². The third-order valence-corrected chi connectivity index (χ3v) is 28.3. The summed E-state index contributed by atoms with van der Waals surface area (Å²) in [5.41, 5.74) is 21.3. The van der Waals surface area contributed by atoms with Crippen molar-refractivity contribution in [2.75, 3.05) is 0 Å². The maximum Gasteiger partial charge on any atom is 0.136 e. The number of furan rings is 3. The average molecular weight is 1770 g/mol. The van der Waals surface area contributed by atoms with Crippen molar-refractivity contribution in [2.24, 2.45) is 0 Å². The fraction of sp³-hybridized carbons (Fsp3) is 0.0448. The van der Waals surface area contributed by atoms with Crippen LogP contribution in [0.25, 0.3) is 263 Å². The molecule has 24 aromatic carbocycles. The average Bonchev–Trinajstić information content (AvgIpc) is 1.05. The van der Waals surface area contributed by atoms with Crippen molar-refractivity contribution in [1.82, 2.24) is 0 Å². The molecule has 2 aliphatic carbocycles. The zero-order valence-corrected chi connectivity index (χ0v) is 74.2. The molecule has 0 atom stereocenters. The molecule has 3 heterocycles. The van der Waals surface area contributed by atoms with E-state index in [9.17, 15) is 16.4 Å². The van der Waals surface area contributed by atoms with Gasteiger partial charge in [-0.1, -0.05) is 440 Å². The maximum absolute atomic E-state index is 9.45. The van der Waals surface area contributed by atoms with Crippen LogP contribution in [0.4, 0.5) is 0 Å². The maximum atomic E-state index is 9.45. The summed E-state index contributed by atoms with van der Waals surface area (Å²) in [7, 11) is 0. The van der Waals surface area contributed by atoms with Gasteiger partial charge in [0.2, 0.25) is 0 Å². The van der Waals surface area contributed by atoms with E-state index in [4.69, 9.17) is 29.7 Å². The van der Waals surface area contributed by atoms with Crippen LogP contribution in [0.5, 0.6) is 0 Å². The van der Waals surface area contributed by atoms with Gasteiger partial charge in [-0.25, -0.2) is 0 Å². The van der Waals surface area contributed by atoms with Crippen LogP contribution >= 0.6 is 0 Å². The molecule has 0 unspecified atom stereocenters. The van der Waals surface area contributed by atoms with Gasteiger partial charge in [0.05, 0.1) is 32.9 Å². The lowest BCUT2D eigenvalue weighted by Crippen LogP contribution is -2.14. The summed E-state index contributed by atoms with van der Waals surface area (Å²) in [4.78, 5) is 0. The van der Waals surface area contributed by atoms with Crippen LogP contribution in [0.1, 0.15) is 82.8 Å². The van der Waals surface area contributed by atoms with E-state index in [2.05, 4.69) is 119 Å². The van der Waals surface area contributed by atoms with E-state index in [-0.39, 0.29) is 148 Å². The minimum atomic E-state index is -0.436. The van der Waals surface area contributed by atoms with Crippen molar-refractivity contribution >= 4 is 152 Å². The highest BCUT2D eigenvalue weighted by Gasteiger charge is 2.39. The Bertz CT molecular complexity index is 11100. The predicted molar refractivity (Wildman–Crippen MR) is 580 cm³/mol. The normalized spacial score (nSPS) is 15.4. The summed E-state index contributed by atoms with van der Waals surface area (Å²) < 4.78 is 238. The van der Waals surface area contributed by atoms with Crippen LogP contribution in [-0.2, 0) is 10.8 Å². The van der Waals surface area contributed by atoms with Crippen molar-refractivity contribution in [3.8, 4) is 111 Å². The van der Waals surface area contributed by atoms with Crippen LogP contribution < -0.4 is 0 Å². The first-order valence-corrected chi connectivity index (χ1v) is 45.7. The second-order valence-corrected chi connectivity index (χ2v) is 36.3. The second kappa shape index (κ2) is 31.2. The van der Waals surface area contributed by atoms with Gasteiger partial charge >= 0.3 is 0 Å². The van der Waals surface area contributed by atoms with Crippen LogP contribution in [0.2, 0.25) is 0 Å². The highest BCUT2D eigenvalue weighted by molar-refractivity contribution is 6.30. The lowest BCUT2D eigenvalue weighted by Gasteiger charge is -2.22. The zero-order valence-electron chi connectivity index (χ0n) is 98.2. The van der Waals surface area contributed by atoms with Crippen LogP contribution in [0.15, 0.2) is 474 Å². The molecule has 3 nitrogen and oxygen atoms in total. The number of hydrogen-bond acceptors (Lipinski definition) is 3. The van der Waals surface area contributed by atoms with Gasteiger partial charge in [-0.05, 0) is 268 Å². The number of fused-ring (bicyclic) bond motifs is 24. The molecule has 27 aromatic rings. The molecule has 0 saturated carbocycles. The van der Waals surface area contributed by atoms with Crippen LogP contribution in [0, 0.1) is 0 Å². The highest BCUT2D eigenvalue weighted by Crippen LogP contribution is 2.58. The molecule has 0 N–H and O–H groups in total. The predicted octanol–water partition coefficient (Wildman–Crippen LogP) is 37.9. The Hall–Kier alpha value is -17.2. The molecule has 2 aliphatic rings. The molecular weight excluding hydrogens is 1660 g/mol. The molecule has 0 amide bonds. The molecule has 29 rings (SSSR count). The summed E-state index contributed by atoms with van der Waals surface area (Å²) in [6.45, 7) is 8.77.